The number of benzene rings is 3. The Morgan fingerprint density at radius 1 is 1.05 bits per heavy atom. The van der Waals surface area contributed by atoms with Crippen LogP contribution in [0.15, 0.2) is 89.2 Å². The topological polar surface area (TPSA) is 118 Å². The van der Waals surface area contributed by atoms with E-state index in [1.54, 1.807) is 55.1 Å². The fourth-order valence-corrected chi connectivity index (χ4v) is 5.07. The number of nitrogens with zero attached hydrogens (tertiary/aromatic N) is 3. The lowest BCUT2D eigenvalue weighted by Gasteiger charge is -2.28. The first-order valence-corrected chi connectivity index (χ1v) is 13.2. The quantitative estimate of drug-likeness (QED) is 0.206. The number of amides is 1. The van der Waals surface area contributed by atoms with E-state index in [-0.39, 0.29) is 23.2 Å². The number of carbonyl (C=O) groups is 2. The summed E-state index contributed by atoms with van der Waals surface area (Å²) in [5, 5.41) is 21.1. The lowest BCUT2D eigenvalue weighted by Crippen LogP contribution is -2.31. The van der Waals surface area contributed by atoms with Gasteiger partial charge in [-0.3, -0.25) is 9.59 Å². The van der Waals surface area contributed by atoms with Gasteiger partial charge in [0.2, 0.25) is 11.1 Å². The SMILES string of the molecule is COc1ccccc1NC(=O)C1=C(C)Nc2nc(SCC(=O)c3ccc(C)cc3)nn2C1c1ccc(O)cc1. The average molecular weight is 542 g/mol. The van der Waals surface area contributed by atoms with Gasteiger partial charge in [0, 0.05) is 11.3 Å². The predicted octanol–water partition coefficient (Wildman–Crippen LogP) is 5.20. The van der Waals surface area contributed by atoms with Crippen molar-refractivity contribution in [3.05, 3.63) is 101 Å². The number of nitrogens with one attached hydrogen (secondary N) is 2. The summed E-state index contributed by atoms with van der Waals surface area (Å²) in [5.41, 5.74) is 4.01. The molecule has 3 N–H and O–H groups in total. The highest BCUT2D eigenvalue weighted by atomic mass is 32.2. The Hall–Kier alpha value is -4.57. The highest BCUT2D eigenvalue weighted by Crippen LogP contribution is 2.37. The number of phenolic OH excluding ortho intramolecular Hbond substituents is 1. The van der Waals surface area contributed by atoms with Gasteiger partial charge in [-0.1, -0.05) is 65.9 Å². The fraction of sp³-hybridized carbons (Fsp3) is 0.172. The molecule has 1 aliphatic heterocycles. The zero-order chi connectivity index (χ0) is 27.5. The minimum atomic E-state index is -0.633. The lowest BCUT2D eigenvalue weighted by molar-refractivity contribution is -0.113. The van der Waals surface area contributed by atoms with Gasteiger partial charge in [-0.05, 0) is 43.7 Å². The van der Waals surface area contributed by atoms with Crippen molar-refractivity contribution in [2.45, 2.75) is 25.0 Å². The Bertz CT molecular complexity index is 1560. The molecule has 1 unspecified atom stereocenters. The Labute approximate surface area is 229 Å². The van der Waals surface area contributed by atoms with E-state index in [1.807, 2.05) is 43.3 Å². The van der Waals surface area contributed by atoms with Gasteiger partial charge in [0.05, 0.1) is 24.1 Å². The number of aryl methyl sites for hydroxylation is 1. The largest absolute Gasteiger partial charge is 0.508 e. The number of rotatable bonds is 8. The smallest absolute Gasteiger partial charge is 0.255 e. The number of aromatic hydroxyl groups is 1. The van der Waals surface area contributed by atoms with Crippen LogP contribution in [0.2, 0.25) is 0 Å². The number of aromatic nitrogens is 3. The number of hydrogen-bond donors (Lipinski definition) is 3. The van der Waals surface area contributed by atoms with Crippen molar-refractivity contribution in [1.82, 2.24) is 14.8 Å². The standard InChI is InChI=1S/C29H27N5O4S/c1-17-8-10-19(11-9-17)23(36)16-39-29-32-28-30-18(2)25(27(37)31-22-6-4-5-7-24(22)38-3)26(34(28)33-29)20-12-14-21(35)15-13-20/h4-15,26,35H,16H2,1-3H3,(H,31,37)(H,30,32,33). The van der Waals surface area contributed by atoms with Crippen LogP contribution in [-0.2, 0) is 4.79 Å². The number of ketones is 1. The van der Waals surface area contributed by atoms with Crippen LogP contribution in [-0.4, -0.2) is 44.4 Å². The second kappa shape index (κ2) is 11.0. The molecule has 10 heteroatoms. The molecular formula is C29H27N5O4S. The van der Waals surface area contributed by atoms with Gasteiger partial charge in [0.25, 0.3) is 5.91 Å². The van der Waals surface area contributed by atoms with Crippen LogP contribution < -0.4 is 15.4 Å². The maximum atomic E-state index is 13.7. The second-order valence-electron chi connectivity index (χ2n) is 9.05. The number of fused-ring (bicyclic) bond motifs is 1. The van der Waals surface area contributed by atoms with Crippen LogP contribution in [0.25, 0.3) is 0 Å². The highest BCUT2D eigenvalue weighted by Gasteiger charge is 2.34. The number of carbonyl (C=O) groups excluding carboxylic acids is 2. The molecule has 1 aromatic heterocycles. The number of para-hydroxylation sites is 2. The van der Waals surface area contributed by atoms with Crippen LogP contribution in [0.5, 0.6) is 11.5 Å². The first kappa shape index (κ1) is 26.1. The normalized spacial score (nSPS) is 14.4. The molecule has 0 bridgehead atoms. The number of thioether (sulfide) groups is 1. The summed E-state index contributed by atoms with van der Waals surface area (Å²) in [6.07, 6.45) is 0. The third-order valence-corrected chi connectivity index (χ3v) is 7.19. The van der Waals surface area contributed by atoms with Gasteiger partial charge in [0.15, 0.2) is 5.78 Å². The molecule has 2 heterocycles. The zero-order valence-corrected chi connectivity index (χ0v) is 22.5. The van der Waals surface area contributed by atoms with Crippen LogP contribution in [0, 0.1) is 6.92 Å². The van der Waals surface area contributed by atoms with Crippen molar-refractivity contribution < 1.29 is 19.4 Å². The monoisotopic (exact) mass is 541 g/mol. The molecular weight excluding hydrogens is 514 g/mol. The van der Waals surface area contributed by atoms with Crippen molar-refractivity contribution >= 4 is 35.1 Å². The number of Topliss-reactive ketones (excluding diaryl/α,β-unsaturated/α-hetero) is 1. The molecule has 0 radical (unpaired) electrons. The van der Waals surface area contributed by atoms with Crippen LogP contribution in [0.1, 0.15) is 34.5 Å². The molecule has 4 aromatic rings. The van der Waals surface area contributed by atoms with Crippen molar-refractivity contribution in [3.63, 3.8) is 0 Å². The van der Waals surface area contributed by atoms with E-state index in [1.165, 1.54) is 11.8 Å². The predicted molar refractivity (Wildman–Crippen MR) is 150 cm³/mol. The van der Waals surface area contributed by atoms with Gasteiger partial charge in [-0.2, -0.15) is 4.98 Å². The summed E-state index contributed by atoms with van der Waals surface area (Å²) in [7, 11) is 1.54. The van der Waals surface area contributed by atoms with E-state index >= 15 is 0 Å². The maximum absolute atomic E-state index is 13.7. The maximum Gasteiger partial charge on any atom is 0.255 e. The molecule has 9 nitrogen and oxygen atoms in total. The third-order valence-electron chi connectivity index (χ3n) is 6.35. The minimum Gasteiger partial charge on any atom is -0.508 e. The zero-order valence-electron chi connectivity index (χ0n) is 21.6. The second-order valence-corrected chi connectivity index (χ2v) is 10.00. The molecule has 0 saturated carbocycles. The summed E-state index contributed by atoms with van der Waals surface area (Å²) in [4.78, 5) is 31.0. The Balaban J connectivity index is 1.45. The number of methoxy groups -OCH3 is 1. The fourth-order valence-electron chi connectivity index (χ4n) is 4.34. The number of phenols is 1. The molecule has 0 saturated heterocycles. The van der Waals surface area contributed by atoms with E-state index in [2.05, 4.69) is 20.7 Å². The minimum absolute atomic E-state index is 0.0259. The van der Waals surface area contributed by atoms with Crippen molar-refractivity contribution in [1.29, 1.82) is 0 Å². The summed E-state index contributed by atoms with van der Waals surface area (Å²) >= 11 is 1.23. The summed E-state index contributed by atoms with van der Waals surface area (Å²) in [6, 6.07) is 20.6. The van der Waals surface area contributed by atoms with E-state index in [9.17, 15) is 14.7 Å². The van der Waals surface area contributed by atoms with Crippen molar-refractivity contribution in [3.8, 4) is 11.5 Å². The average Bonchev–Trinajstić information content (AvgIpc) is 3.34. The van der Waals surface area contributed by atoms with Gasteiger partial charge in [0.1, 0.15) is 17.5 Å². The molecule has 39 heavy (non-hydrogen) atoms. The number of allylic oxidation sites excluding steroid dienone is 1. The summed E-state index contributed by atoms with van der Waals surface area (Å²) in [6.45, 7) is 3.78. The highest BCUT2D eigenvalue weighted by molar-refractivity contribution is 7.99. The molecule has 0 fully saturated rings. The summed E-state index contributed by atoms with van der Waals surface area (Å²) < 4.78 is 7.03. The third kappa shape index (κ3) is 5.51. The summed E-state index contributed by atoms with van der Waals surface area (Å²) in [5.74, 6) is 0.897. The van der Waals surface area contributed by atoms with Crippen molar-refractivity contribution in [2.24, 2.45) is 0 Å². The van der Waals surface area contributed by atoms with Gasteiger partial charge in [-0.15, -0.1) is 5.10 Å². The first-order chi connectivity index (χ1) is 18.8. The molecule has 5 rings (SSSR count). The van der Waals surface area contributed by atoms with Crippen LogP contribution >= 0.6 is 11.8 Å². The molecule has 3 aromatic carbocycles. The van der Waals surface area contributed by atoms with Gasteiger partial charge < -0.3 is 20.5 Å². The van der Waals surface area contributed by atoms with Gasteiger partial charge >= 0.3 is 0 Å². The van der Waals surface area contributed by atoms with Gasteiger partial charge in [-0.25, -0.2) is 4.68 Å². The number of hydrogen-bond acceptors (Lipinski definition) is 8. The van der Waals surface area contributed by atoms with E-state index < -0.39 is 6.04 Å². The van der Waals surface area contributed by atoms with Crippen LogP contribution in [0.3, 0.4) is 0 Å². The van der Waals surface area contributed by atoms with E-state index in [4.69, 9.17) is 4.74 Å². The Morgan fingerprint density at radius 3 is 2.49 bits per heavy atom. The lowest BCUT2D eigenvalue weighted by atomic mass is 9.95. The van der Waals surface area contributed by atoms with E-state index in [0.29, 0.717) is 39.4 Å². The number of anilines is 2. The van der Waals surface area contributed by atoms with E-state index in [0.717, 1.165) is 11.1 Å². The Kier molecular flexibility index (Phi) is 7.38. The molecule has 1 amide bonds. The molecule has 1 atom stereocenters. The number of ether oxygens (including phenoxy) is 1. The molecule has 1 aliphatic rings. The van der Waals surface area contributed by atoms with Crippen molar-refractivity contribution in [2.75, 3.05) is 23.5 Å². The molecule has 0 aliphatic carbocycles. The van der Waals surface area contributed by atoms with Crippen LogP contribution in [0.4, 0.5) is 11.6 Å². The molecule has 0 spiro atoms. The Morgan fingerprint density at radius 2 is 1.77 bits per heavy atom. The molecule has 198 valence electrons. The first-order valence-electron chi connectivity index (χ1n) is 12.2.